The third-order valence-corrected chi connectivity index (χ3v) is 4.33. The zero-order valence-electron chi connectivity index (χ0n) is 15.1. The average molecular weight is 346 g/mol. The molecule has 1 aliphatic heterocycles. The zero-order valence-corrected chi connectivity index (χ0v) is 15.1. The minimum Gasteiger partial charge on any atom is -0.427 e. The molecule has 1 fully saturated rings. The normalized spacial score (nSPS) is 15.1. The maximum Gasteiger partial charge on any atom is 0.308 e. The van der Waals surface area contributed by atoms with Crippen LogP contribution in [0.25, 0.3) is 0 Å². The Morgan fingerprint density at radius 3 is 2.52 bits per heavy atom. The van der Waals surface area contributed by atoms with Crippen molar-refractivity contribution in [3.8, 4) is 5.75 Å². The van der Waals surface area contributed by atoms with Crippen LogP contribution in [0.4, 0.5) is 0 Å². The largest absolute Gasteiger partial charge is 0.427 e. The van der Waals surface area contributed by atoms with E-state index < -0.39 is 5.97 Å². The molecular weight excluding hydrogens is 320 g/mol. The topological polar surface area (TPSA) is 75.7 Å². The van der Waals surface area contributed by atoms with Crippen LogP contribution in [0.15, 0.2) is 24.3 Å². The van der Waals surface area contributed by atoms with Crippen LogP contribution < -0.4 is 10.1 Å². The molecule has 0 spiro atoms. The molecule has 25 heavy (non-hydrogen) atoms. The molecule has 1 aliphatic rings. The summed E-state index contributed by atoms with van der Waals surface area (Å²) in [6.07, 6.45) is 1.74. The van der Waals surface area contributed by atoms with Gasteiger partial charge in [-0.1, -0.05) is 19.9 Å². The van der Waals surface area contributed by atoms with Crippen molar-refractivity contribution in [2.45, 2.75) is 33.6 Å². The van der Waals surface area contributed by atoms with Crippen LogP contribution in [-0.4, -0.2) is 42.3 Å². The second-order valence-corrected chi connectivity index (χ2v) is 6.76. The van der Waals surface area contributed by atoms with Gasteiger partial charge in [0, 0.05) is 38.0 Å². The minimum atomic E-state index is -0.408. The molecule has 1 heterocycles. The summed E-state index contributed by atoms with van der Waals surface area (Å²) in [6.45, 7) is 7.08. The molecular formula is C19H26N2O4. The fourth-order valence-corrected chi connectivity index (χ4v) is 2.83. The Labute approximate surface area is 148 Å². The van der Waals surface area contributed by atoms with Crippen LogP contribution >= 0.6 is 0 Å². The van der Waals surface area contributed by atoms with Crippen LogP contribution in [0, 0.1) is 11.8 Å². The lowest BCUT2D eigenvalue weighted by Gasteiger charge is -2.32. The second kappa shape index (κ2) is 8.65. The molecule has 0 saturated carbocycles. The maximum atomic E-state index is 12.6. The van der Waals surface area contributed by atoms with Crippen LogP contribution in [0.1, 0.15) is 44.0 Å². The minimum absolute atomic E-state index is 0.00818. The number of likely N-dealkylation sites (tertiary alicyclic amines) is 1. The highest BCUT2D eigenvalue weighted by Crippen LogP contribution is 2.20. The van der Waals surface area contributed by atoms with Crippen molar-refractivity contribution < 1.29 is 19.1 Å². The number of hydrogen-bond acceptors (Lipinski definition) is 4. The van der Waals surface area contributed by atoms with E-state index in [1.165, 1.54) is 6.92 Å². The fraction of sp³-hybridized carbons (Fsp3) is 0.526. The highest BCUT2D eigenvalue weighted by atomic mass is 16.5. The van der Waals surface area contributed by atoms with Crippen molar-refractivity contribution in [3.63, 3.8) is 0 Å². The molecule has 1 aromatic carbocycles. The summed E-state index contributed by atoms with van der Waals surface area (Å²) < 4.78 is 5.03. The molecule has 0 radical (unpaired) electrons. The number of amides is 2. The van der Waals surface area contributed by atoms with Crippen molar-refractivity contribution in [1.82, 2.24) is 10.2 Å². The summed E-state index contributed by atoms with van der Waals surface area (Å²) in [5.74, 6) is 0.378. The molecule has 1 aromatic rings. The van der Waals surface area contributed by atoms with E-state index in [1.807, 2.05) is 18.7 Å². The molecule has 2 amide bonds. The van der Waals surface area contributed by atoms with E-state index in [1.54, 1.807) is 24.3 Å². The highest BCUT2D eigenvalue weighted by molar-refractivity contribution is 5.94. The van der Waals surface area contributed by atoms with Crippen molar-refractivity contribution in [1.29, 1.82) is 0 Å². The summed E-state index contributed by atoms with van der Waals surface area (Å²) >= 11 is 0. The van der Waals surface area contributed by atoms with Gasteiger partial charge in [-0.25, -0.2) is 0 Å². The Kier molecular flexibility index (Phi) is 6.56. The molecule has 0 atom stereocenters. The predicted molar refractivity (Wildman–Crippen MR) is 94.2 cm³/mol. The molecule has 6 heteroatoms. The van der Waals surface area contributed by atoms with Crippen LogP contribution in [0.2, 0.25) is 0 Å². The Morgan fingerprint density at radius 2 is 1.92 bits per heavy atom. The van der Waals surface area contributed by atoms with Crippen molar-refractivity contribution in [3.05, 3.63) is 29.8 Å². The number of nitrogens with zero attached hydrogens (tertiary/aromatic N) is 1. The highest BCUT2D eigenvalue weighted by Gasteiger charge is 2.24. The van der Waals surface area contributed by atoms with Crippen LogP contribution in [-0.2, 0) is 9.59 Å². The van der Waals surface area contributed by atoms with Crippen LogP contribution in [0.3, 0.4) is 0 Å². The van der Waals surface area contributed by atoms with E-state index >= 15 is 0 Å². The lowest BCUT2D eigenvalue weighted by atomic mass is 9.96. The number of hydrogen-bond donors (Lipinski definition) is 1. The van der Waals surface area contributed by atoms with Gasteiger partial charge in [-0.15, -0.1) is 0 Å². The molecule has 0 aromatic heterocycles. The van der Waals surface area contributed by atoms with Gasteiger partial charge in [-0.3, -0.25) is 14.4 Å². The lowest BCUT2D eigenvalue weighted by molar-refractivity contribution is -0.132. The van der Waals surface area contributed by atoms with E-state index in [2.05, 4.69) is 5.32 Å². The van der Waals surface area contributed by atoms with E-state index in [4.69, 9.17) is 4.74 Å². The third kappa shape index (κ3) is 5.59. The summed E-state index contributed by atoms with van der Waals surface area (Å²) in [5, 5.41) is 2.96. The smallest absolute Gasteiger partial charge is 0.308 e. The second-order valence-electron chi connectivity index (χ2n) is 6.76. The van der Waals surface area contributed by atoms with E-state index in [-0.39, 0.29) is 17.7 Å². The number of esters is 1. The summed E-state index contributed by atoms with van der Waals surface area (Å²) in [6, 6.07) is 6.69. The maximum absolute atomic E-state index is 12.6. The molecule has 0 bridgehead atoms. The quantitative estimate of drug-likeness (QED) is 0.655. The Balaban J connectivity index is 1.87. The molecule has 1 N–H and O–H groups in total. The first-order chi connectivity index (χ1) is 11.9. The van der Waals surface area contributed by atoms with Crippen molar-refractivity contribution in [2.75, 3.05) is 19.6 Å². The Bertz CT molecular complexity index is 634. The van der Waals surface area contributed by atoms with Gasteiger partial charge in [0.15, 0.2) is 0 Å². The van der Waals surface area contributed by atoms with Gasteiger partial charge in [0.1, 0.15) is 5.75 Å². The predicted octanol–water partition coefficient (Wildman–Crippen LogP) is 2.24. The van der Waals surface area contributed by atoms with Gasteiger partial charge in [0.25, 0.3) is 5.91 Å². The van der Waals surface area contributed by atoms with E-state index in [0.717, 1.165) is 12.8 Å². The number of ether oxygens (including phenoxy) is 1. The van der Waals surface area contributed by atoms with Crippen molar-refractivity contribution >= 4 is 17.8 Å². The molecule has 136 valence electrons. The summed E-state index contributed by atoms with van der Waals surface area (Å²) in [4.78, 5) is 37.1. The van der Waals surface area contributed by atoms with Crippen LogP contribution in [0.5, 0.6) is 5.75 Å². The van der Waals surface area contributed by atoms with Gasteiger partial charge in [0.2, 0.25) is 5.91 Å². The molecule has 0 aliphatic carbocycles. The third-order valence-electron chi connectivity index (χ3n) is 4.33. The number of benzene rings is 1. The standard InChI is InChI=1S/C19H26N2O4/c1-13(2)18(23)20-12-15-7-9-21(10-8-15)19(24)16-5-4-6-17(11-16)25-14(3)22/h4-6,11,13,15H,7-10,12H2,1-3H3,(H,20,23). The first-order valence-corrected chi connectivity index (χ1v) is 8.72. The molecule has 1 saturated heterocycles. The number of nitrogens with one attached hydrogen (secondary N) is 1. The summed E-state index contributed by atoms with van der Waals surface area (Å²) in [7, 11) is 0. The van der Waals surface area contributed by atoms with Gasteiger partial charge >= 0.3 is 5.97 Å². The van der Waals surface area contributed by atoms with E-state index in [0.29, 0.717) is 36.9 Å². The average Bonchev–Trinajstić information content (AvgIpc) is 2.59. The monoisotopic (exact) mass is 346 g/mol. The SMILES string of the molecule is CC(=O)Oc1cccc(C(=O)N2CCC(CNC(=O)C(C)C)CC2)c1. The summed E-state index contributed by atoms with van der Waals surface area (Å²) in [5.41, 5.74) is 0.519. The molecule has 2 rings (SSSR count). The zero-order chi connectivity index (χ0) is 18.4. The van der Waals surface area contributed by atoms with Gasteiger partial charge in [-0.05, 0) is 37.0 Å². The van der Waals surface area contributed by atoms with Gasteiger partial charge in [0.05, 0.1) is 0 Å². The number of carbonyl (C=O) groups excluding carboxylic acids is 3. The fourth-order valence-electron chi connectivity index (χ4n) is 2.83. The Hall–Kier alpha value is -2.37. The Morgan fingerprint density at radius 1 is 1.24 bits per heavy atom. The number of rotatable bonds is 5. The number of carbonyl (C=O) groups is 3. The first-order valence-electron chi connectivity index (χ1n) is 8.72. The molecule has 6 nitrogen and oxygen atoms in total. The number of piperidine rings is 1. The molecule has 0 unspecified atom stereocenters. The van der Waals surface area contributed by atoms with Gasteiger partial charge < -0.3 is 15.0 Å². The van der Waals surface area contributed by atoms with Crippen molar-refractivity contribution in [2.24, 2.45) is 11.8 Å². The first kappa shape index (κ1) is 19.0. The lowest BCUT2D eigenvalue weighted by Crippen LogP contribution is -2.42. The van der Waals surface area contributed by atoms with Gasteiger partial charge in [-0.2, -0.15) is 0 Å². The van der Waals surface area contributed by atoms with E-state index in [9.17, 15) is 14.4 Å².